The average molecular weight is 315 g/mol. The maximum Gasteiger partial charge on any atom is 0.224 e. The number of carbonyl (C=O) groups is 1. The van der Waals surface area contributed by atoms with E-state index < -0.39 is 0 Å². The lowest BCUT2D eigenvalue weighted by molar-refractivity contribution is -0.133. The molecule has 0 unspecified atom stereocenters. The molecule has 116 valence electrons. The van der Waals surface area contributed by atoms with Crippen LogP contribution in [-0.2, 0) is 16.1 Å². The number of nitrogens with zero attached hydrogens (tertiary/aromatic N) is 2. The Kier molecular flexibility index (Phi) is 5.96. The topological polar surface area (TPSA) is 32.8 Å². The second kappa shape index (κ2) is 7.73. The standard InChI is InChI=1S/C15H20ClFN2O2/c1-21-9-4-15(20)19-7-5-18(6-8-19)11-12-10-13(17)2-3-14(12)16/h2-3,10H,4-9,11H2,1H3. The number of hydrogen-bond acceptors (Lipinski definition) is 3. The molecule has 0 spiro atoms. The van der Waals surface area contributed by atoms with Gasteiger partial charge in [0.25, 0.3) is 0 Å². The zero-order valence-electron chi connectivity index (χ0n) is 12.1. The summed E-state index contributed by atoms with van der Waals surface area (Å²) in [5.74, 6) is -0.150. The molecule has 0 radical (unpaired) electrons. The average Bonchev–Trinajstić information content (AvgIpc) is 2.49. The van der Waals surface area contributed by atoms with Gasteiger partial charge in [0, 0.05) is 44.9 Å². The second-order valence-electron chi connectivity index (χ2n) is 5.14. The molecular weight excluding hydrogens is 295 g/mol. The Morgan fingerprint density at radius 2 is 2.05 bits per heavy atom. The third-order valence-corrected chi connectivity index (χ3v) is 4.02. The molecule has 2 rings (SSSR count). The van der Waals surface area contributed by atoms with Crippen molar-refractivity contribution in [2.45, 2.75) is 13.0 Å². The third-order valence-electron chi connectivity index (χ3n) is 3.65. The van der Waals surface area contributed by atoms with Gasteiger partial charge in [-0.3, -0.25) is 9.69 Å². The Morgan fingerprint density at radius 1 is 1.33 bits per heavy atom. The number of piperazine rings is 1. The highest BCUT2D eigenvalue weighted by atomic mass is 35.5. The molecule has 0 aliphatic carbocycles. The largest absolute Gasteiger partial charge is 0.384 e. The van der Waals surface area contributed by atoms with Crippen molar-refractivity contribution < 1.29 is 13.9 Å². The Morgan fingerprint density at radius 3 is 2.71 bits per heavy atom. The van der Waals surface area contributed by atoms with Crippen LogP contribution in [0.4, 0.5) is 4.39 Å². The van der Waals surface area contributed by atoms with E-state index in [0.717, 1.165) is 18.7 Å². The number of amides is 1. The fourth-order valence-corrected chi connectivity index (χ4v) is 2.59. The molecule has 1 aromatic rings. The van der Waals surface area contributed by atoms with Crippen LogP contribution in [0.25, 0.3) is 0 Å². The van der Waals surface area contributed by atoms with E-state index in [1.165, 1.54) is 12.1 Å². The second-order valence-corrected chi connectivity index (χ2v) is 5.54. The van der Waals surface area contributed by atoms with Crippen LogP contribution < -0.4 is 0 Å². The lowest BCUT2D eigenvalue weighted by Crippen LogP contribution is -2.48. The fraction of sp³-hybridized carbons (Fsp3) is 0.533. The Balaban J connectivity index is 1.84. The summed E-state index contributed by atoms with van der Waals surface area (Å²) in [6.45, 7) is 3.98. The van der Waals surface area contributed by atoms with E-state index in [4.69, 9.17) is 16.3 Å². The maximum atomic E-state index is 13.2. The van der Waals surface area contributed by atoms with E-state index in [1.54, 1.807) is 13.2 Å². The van der Waals surface area contributed by atoms with Gasteiger partial charge >= 0.3 is 0 Å². The number of ether oxygens (including phenoxy) is 1. The van der Waals surface area contributed by atoms with E-state index in [-0.39, 0.29) is 11.7 Å². The van der Waals surface area contributed by atoms with Crippen molar-refractivity contribution in [2.24, 2.45) is 0 Å². The molecule has 0 atom stereocenters. The number of rotatable bonds is 5. The molecule has 1 aromatic carbocycles. The van der Waals surface area contributed by atoms with E-state index in [9.17, 15) is 9.18 Å². The number of benzene rings is 1. The number of halogens is 2. The van der Waals surface area contributed by atoms with Crippen LogP contribution in [0.5, 0.6) is 0 Å². The summed E-state index contributed by atoms with van der Waals surface area (Å²) in [5, 5.41) is 0.579. The van der Waals surface area contributed by atoms with Crippen molar-refractivity contribution in [1.82, 2.24) is 9.80 Å². The fourth-order valence-electron chi connectivity index (χ4n) is 2.41. The van der Waals surface area contributed by atoms with Crippen molar-refractivity contribution >= 4 is 17.5 Å². The Bertz CT molecular complexity index is 491. The van der Waals surface area contributed by atoms with Crippen molar-refractivity contribution in [3.63, 3.8) is 0 Å². The molecule has 1 fully saturated rings. The van der Waals surface area contributed by atoms with Gasteiger partial charge in [0.2, 0.25) is 5.91 Å². The smallest absolute Gasteiger partial charge is 0.224 e. The summed E-state index contributed by atoms with van der Waals surface area (Å²) < 4.78 is 18.2. The first-order valence-corrected chi connectivity index (χ1v) is 7.41. The molecule has 1 heterocycles. The molecular formula is C15H20ClFN2O2. The Labute approximate surface area is 129 Å². The summed E-state index contributed by atoms with van der Waals surface area (Å²) in [6, 6.07) is 4.41. The van der Waals surface area contributed by atoms with Gasteiger partial charge in [0.1, 0.15) is 5.82 Å². The Hall–Kier alpha value is -1.17. The van der Waals surface area contributed by atoms with Gasteiger partial charge in [-0.25, -0.2) is 4.39 Å². The normalized spacial score (nSPS) is 16.2. The first kappa shape index (κ1) is 16.2. The zero-order chi connectivity index (χ0) is 15.2. The lowest BCUT2D eigenvalue weighted by Gasteiger charge is -2.35. The highest BCUT2D eigenvalue weighted by Gasteiger charge is 2.21. The highest BCUT2D eigenvalue weighted by Crippen LogP contribution is 2.19. The molecule has 0 bridgehead atoms. The van der Waals surface area contributed by atoms with E-state index in [1.807, 2.05) is 4.90 Å². The van der Waals surface area contributed by atoms with Crippen LogP contribution in [0.2, 0.25) is 5.02 Å². The molecule has 1 aliphatic heterocycles. The molecule has 1 aliphatic rings. The first-order chi connectivity index (χ1) is 10.1. The van der Waals surface area contributed by atoms with E-state index >= 15 is 0 Å². The molecule has 6 heteroatoms. The minimum Gasteiger partial charge on any atom is -0.384 e. The lowest BCUT2D eigenvalue weighted by atomic mass is 10.2. The zero-order valence-corrected chi connectivity index (χ0v) is 12.9. The van der Waals surface area contributed by atoms with Gasteiger partial charge in [-0.1, -0.05) is 11.6 Å². The number of methoxy groups -OCH3 is 1. The van der Waals surface area contributed by atoms with Crippen LogP contribution in [0, 0.1) is 5.82 Å². The molecule has 0 saturated carbocycles. The van der Waals surface area contributed by atoms with Gasteiger partial charge < -0.3 is 9.64 Å². The number of carbonyl (C=O) groups excluding carboxylic acids is 1. The summed E-state index contributed by atoms with van der Waals surface area (Å²) in [7, 11) is 1.59. The SMILES string of the molecule is COCCC(=O)N1CCN(Cc2cc(F)ccc2Cl)CC1. The first-order valence-electron chi connectivity index (χ1n) is 7.03. The molecule has 0 N–H and O–H groups in total. The summed E-state index contributed by atoms with van der Waals surface area (Å²) in [6.07, 6.45) is 0.423. The van der Waals surface area contributed by atoms with Crippen molar-refractivity contribution in [3.05, 3.63) is 34.6 Å². The molecule has 1 saturated heterocycles. The van der Waals surface area contributed by atoms with Gasteiger partial charge in [0.15, 0.2) is 0 Å². The summed E-state index contributed by atoms with van der Waals surface area (Å²) in [5.41, 5.74) is 0.788. The summed E-state index contributed by atoms with van der Waals surface area (Å²) >= 11 is 6.08. The van der Waals surface area contributed by atoms with Crippen LogP contribution in [0.15, 0.2) is 18.2 Å². The van der Waals surface area contributed by atoms with Gasteiger partial charge in [-0.05, 0) is 23.8 Å². The van der Waals surface area contributed by atoms with Crippen molar-refractivity contribution in [1.29, 1.82) is 0 Å². The van der Waals surface area contributed by atoms with E-state index in [2.05, 4.69) is 4.90 Å². The predicted molar refractivity (Wildman–Crippen MR) is 79.8 cm³/mol. The molecule has 1 amide bonds. The quantitative estimate of drug-likeness (QED) is 0.835. The van der Waals surface area contributed by atoms with Gasteiger partial charge in [-0.2, -0.15) is 0 Å². The monoisotopic (exact) mass is 314 g/mol. The van der Waals surface area contributed by atoms with Crippen LogP contribution in [0.3, 0.4) is 0 Å². The van der Waals surface area contributed by atoms with Crippen LogP contribution in [-0.4, -0.2) is 55.6 Å². The maximum absolute atomic E-state index is 13.2. The van der Waals surface area contributed by atoms with Crippen molar-refractivity contribution in [2.75, 3.05) is 39.9 Å². The van der Waals surface area contributed by atoms with Gasteiger partial charge in [0.05, 0.1) is 13.0 Å². The van der Waals surface area contributed by atoms with Crippen molar-refractivity contribution in [3.8, 4) is 0 Å². The molecule has 21 heavy (non-hydrogen) atoms. The highest BCUT2D eigenvalue weighted by molar-refractivity contribution is 6.31. The van der Waals surface area contributed by atoms with Gasteiger partial charge in [-0.15, -0.1) is 0 Å². The van der Waals surface area contributed by atoms with E-state index in [0.29, 0.717) is 37.7 Å². The summed E-state index contributed by atoms with van der Waals surface area (Å²) in [4.78, 5) is 15.9. The number of hydrogen-bond donors (Lipinski definition) is 0. The third kappa shape index (κ3) is 4.66. The van der Waals surface area contributed by atoms with Crippen LogP contribution >= 0.6 is 11.6 Å². The van der Waals surface area contributed by atoms with Crippen LogP contribution in [0.1, 0.15) is 12.0 Å². The minimum absolute atomic E-state index is 0.125. The predicted octanol–water partition coefficient (Wildman–Crippen LogP) is 2.16. The molecule has 0 aromatic heterocycles. The minimum atomic E-state index is -0.275. The molecule has 4 nitrogen and oxygen atoms in total.